The number of likely N-dealkylation sites (tertiary alicyclic amines) is 1. The molecule has 2 heterocycles. The lowest BCUT2D eigenvalue weighted by molar-refractivity contribution is -0.117. The summed E-state index contributed by atoms with van der Waals surface area (Å²) < 4.78 is 5.35. The minimum Gasteiger partial charge on any atom is -0.495 e. The van der Waals surface area contributed by atoms with Crippen LogP contribution in [0.4, 0.5) is 10.7 Å². The molecule has 2 aliphatic rings. The highest BCUT2D eigenvalue weighted by molar-refractivity contribution is 7.17. The van der Waals surface area contributed by atoms with Crippen LogP contribution in [0.3, 0.4) is 0 Å². The predicted molar refractivity (Wildman–Crippen MR) is 116 cm³/mol. The second-order valence-corrected chi connectivity index (χ2v) is 8.71. The van der Waals surface area contributed by atoms with Gasteiger partial charge in [0.25, 0.3) is 5.91 Å². The van der Waals surface area contributed by atoms with Crippen molar-refractivity contribution in [2.45, 2.75) is 38.5 Å². The minimum absolute atomic E-state index is 0.0434. The highest BCUT2D eigenvalue weighted by Gasteiger charge is 2.28. The molecule has 0 bridgehead atoms. The molecule has 1 saturated heterocycles. The average Bonchev–Trinajstić information content (AvgIpc) is 3.29. The van der Waals surface area contributed by atoms with Gasteiger partial charge in [0.1, 0.15) is 10.8 Å². The Hall–Kier alpha value is -2.38. The van der Waals surface area contributed by atoms with Gasteiger partial charge < -0.3 is 15.4 Å². The van der Waals surface area contributed by atoms with Crippen molar-refractivity contribution in [3.8, 4) is 5.75 Å². The van der Waals surface area contributed by atoms with E-state index in [9.17, 15) is 9.59 Å². The topological polar surface area (TPSA) is 70.7 Å². The average molecular weight is 414 g/mol. The molecule has 0 saturated carbocycles. The molecule has 7 heteroatoms. The van der Waals surface area contributed by atoms with E-state index in [1.807, 2.05) is 24.3 Å². The molecule has 1 fully saturated rings. The summed E-state index contributed by atoms with van der Waals surface area (Å²) >= 11 is 1.55. The summed E-state index contributed by atoms with van der Waals surface area (Å²) in [4.78, 5) is 29.2. The first-order chi connectivity index (χ1) is 14.2. The second kappa shape index (κ2) is 8.97. The smallest absolute Gasteiger partial charge is 0.259 e. The van der Waals surface area contributed by atoms with Crippen LogP contribution >= 0.6 is 11.3 Å². The summed E-state index contributed by atoms with van der Waals surface area (Å²) in [6, 6.07) is 7.35. The van der Waals surface area contributed by atoms with Crippen molar-refractivity contribution in [3.63, 3.8) is 0 Å². The van der Waals surface area contributed by atoms with Crippen LogP contribution in [0, 0.1) is 0 Å². The fourth-order valence-corrected chi connectivity index (χ4v) is 5.45. The molecule has 1 aromatic carbocycles. The first-order valence-electron chi connectivity index (χ1n) is 10.3. The van der Waals surface area contributed by atoms with Crippen LogP contribution < -0.4 is 15.4 Å². The number of carbonyl (C=O) groups is 2. The number of piperidine rings is 1. The number of nitrogens with zero attached hydrogens (tertiary/aromatic N) is 1. The van der Waals surface area contributed by atoms with Crippen molar-refractivity contribution < 1.29 is 14.3 Å². The van der Waals surface area contributed by atoms with Crippen molar-refractivity contribution in [3.05, 3.63) is 40.3 Å². The van der Waals surface area contributed by atoms with Gasteiger partial charge in [-0.15, -0.1) is 11.3 Å². The van der Waals surface area contributed by atoms with E-state index in [0.29, 0.717) is 28.5 Å². The van der Waals surface area contributed by atoms with E-state index in [0.717, 1.165) is 50.8 Å². The summed E-state index contributed by atoms with van der Waals surface area (Å²) in [5.74, 6) is 0.378. The number of benzene rings is 1. The number of rotatable bonds is 6. The Morgan fingerprint density at radius 2 is 1.86 bits per heavy atom. The van der Waals surface area contributed by atoms with Crippen LogP contribution in [0.2, 0.25) is 0 Å². The van der Waals surface area contributed by atoms with Crippen LogP contribution in [0.1, 0.15) is 46.5 Å². The number of aryl methyl sites for hydroxylation is 1. The third-order valence-corrected chi connectivity index (χ3v) is 6.78. The maximum atomic E-state index is 13.2. The van der Waals surface area contributed by atoms with E-state index < -0.39 is 0 Å². The Morgan fingerprint density at radius 3 is 2.66 bits per heavy atom. The monoisotopic (exact) mass is 413 g/mol. The molecule has 29 heavy (non-hydrogen) atoms. The lowest BCUT2D eigenvalue weighted by Gasteiger charge is -2.25. The Balaban J connectivity index is 1.53. The fourth-order valence-electron chi connectivity index (χ4n) is 4.15. The van der Waals surface area contributed by atoms with Gasteiger partial charge in [0.05, 0.1) is 24.9 Å². The van der Waals surface area contributed by atoms with Crippen molar-refractivity contribution in [2.24, 2.45) is 0 Å². The van der Waals surface area contributed by atoms with Gasteiger partial charge in [-0.2, -0.15) is 0 Å². The fraction of sp³-hybridized carbons (Fsp3) is 0.455. The first kappa shape index (κ1) is 19.9. The lowest BCUT2D eigenvalue weighted by Crippen LogP contribution is -2.37. The van der Waals surface area contributed by atoms with Crippen molar-refractivity contribution in [2.75, 3.05) is 37.4 Å². The number of nitrogens with one attached hydrogen (secondary N) is 2. The van der Waals surface area contributed by atoms with Gasteiger partial charge in [-0.25, -0.2) is 0 Å². The Labute approximate surface area is 175 Å². The molecule has 4 rings (SSSR count). The first-order valence-corrected chi connectivity index (χ1v) is 11.1. The molecule has 1 aliphatic carbocycles. The summed E-state index contributed by atoms with van der Waals surface area (Å²) in [5, 5.41) is 6.67. The van der Waals surface area contributed by atoms with Gasteiger partial charge in [0, 0.05) is 4.88 Å². The van der Waals surface area contributed by atoms with E-state index in [2.05, 4.69) is 15.5 Å². The van der Waals surface area contributed by atoms with E-state index >= 15 is 0 Å². The number of hydrogen-bond acceptors (Lipinski definition) is 5. The third kappa shape index (κ3) is 4.46. The quantitative estimate of drug-likeness (QED) is 0.753. The van der Waals surface area contributed by atoms with Gasteiger partial charge in [0.2, 0.25) is 5.91 Å². The molecular formula is C22H27N3O3S. The standard InChI is InChI=1S/C22H27N3O3S/c1-28-17-10-4-3-9-16(17)23-21(27)20-15-8-7-11-18(15)29-22(20)24-19(26)14-25-12-5-2-6-13-25/h3-4,9-10H,2,5-8,11-14H2,1H3,(H,23,27)(H,24,26). The maximum Gasteiger partial charge on any atom is 0.259 e. The van der Waals surface area contributed by atoms with E-state index in [-0.39, 0.29) is 11.8 Å². The number of para-hydroxylation sites is 2. The van der Waals surface area contributed by atoms with Crippen LogP contribution in [0.15, 0.2) is 24.3 Å². The zero-order valence-corrected chi connectivity index (χ0v) is 17.6. The Kier molecular flexibility index (Phi) is 6.16. The number of ether oxygens (including phenoxy) is 1. The molecule has 0 spiro atoms. The number of hydrogen-bond donors (Lipinski definition) is 2. The number of fused-ring (bicyclic) bond motifs is 1. The zero-order chi connectivity index (χ0) is 20.2. The zero-order valence-electron chi connectivity index (χ0n) is 16.8. The third-order valence-electron chi connectivity index (χ3n) is 5.57. The van der Waals surface area contributed by atoms with Gasteiger partial charge in [-0.05, 0) is 62.9 Å². The van der Waals surface area contributed by atoms with Gasteiger partial charge in [0.15, 0.2) is 0 Å². The molecule has 1 aromatic heterocycles. The summed E-state index contributed by atoms with van der Waals surface area (Å²) in [5.41, 5.74) is 2.32. The molecule has 2 N–H and O–H groups in total. The highest BCUT2D eigenvalue weighted by atomic mass is 32.1. The molecule has 2 aromatic rings. The Bertz CT molecular complexity index is 903. The second-order valence-electron chi connectivity index (χ2n) is 7.60. The summed E-state index contributed by atoms with van der Waals surface area (Å²) in [7, 11) is 1.58. The molecule has 2 amide bonds. The van der Waals surface area contributed by atoms with Crippen molar-refractivity contribution in [1.29, 1.82) is 0 Å². The SMILES string of the molecule is COc1ccccc1NC(=O)c1c(NC(=O)CN2CCCCC2)sc2c1CCC2. The molecular weight excluding hydrogens is 386 g/mol. The molecule has 0 atom stereocenters. The number of amides is 2. The maximum absolute atomic E-state index is 13.2. The van der Waals surface area contributed by atoms with Crippen LogP contribution in [-0.2, 0) is 17.6 Å². The molecule has 6 nitrogen and oxygen atoms in total. The highest BCUT2D eigenvalue weighted by Crippen LogP contribution is 2.40. The number of carbonyl (C=O) groups excluding carboxylic acids is 2. The number of methoxy groups -OCH3 is 1. The van der Waals surface area contributed by atoms with Gasteiger partial charge in [-0.3, -0.25) is 14.5 Å². The van der Waals surface area contributed by atoms with E-state index in [1.165, 1.54) is 11.3 Å². The summed E-state index contributed by atoms with van der Waals surface area (Å²) in [6.45, 7) is 2.32. The van der Waals surface area contributed by atoms with Gasteiger partial charge in [-0.1, -0.05) is 18.6 Å². The Morgan fingerprint density at radius 1 is 1.07 bits per heavy atom. The molecule has 1 aliphatic heterocycles. The van der Waals surface area contributed by atoms with Crippen LogP contribution in [0.25, 0.3) is 0 Å². The van der Waals surface area contributed by atoms with Crippen LogP contribution in [0.5, 0.6) is 5.75 Å². The van der Waals surface area contributed by atoms with Crippen molar-refractivity contribution in [1.82, 2.24) is 4.90 Å². The number of anilines is 2. The summed E-state index contributed by atoms with van der Waals surface area (Å²) in [6.07, 6.45) is 6.43. The van der Waals surface area contributed by atoms with Crippen LogP contribution in [-0.4, -0.2) is 43.5 Å². The number of thiophene rings is 1. The minimum atomic E-state index is -0.192. The predicted octanol–water partition coefficient (Wildman–Crippen LogP) is 3.92. The molecule has 154 valence electrons. The van der Waals surface area contributed by atoms with Crippen molar-refractivity contribution >= 4 is 33.8 Å². The lowest BCUT2D eigenvalue weighted by atomic mass is 10.1. The largest absolute Gasteiger partial charge is 0.495 e. The normalized spacial score (nSPS) is 16.3. The van der Waals surface area contributed by atoms with Gasteiger partial charge >= 0.3 is 0 Å². The van der Waals surface area contributed by atoms with E-state index in [4.69, 9.17) is 4.74 Å². The van der Waals surface area contributed by atoms with E-state index in [1.54, 1.807) is 18.4 Å². The molecule has 0 unspecified atom stereocenters. The molecule has 0 radical (unpaired) electrons.